The molecule has 0 saturated carbocycles. The van der Waals surface area contributed by atoms with Crippen molar-refractivity contribution < 1.29 is 22.7 Å². The third-order valence-corrected chi connectivity index (χ3v) is 4.38. The van der Waals surface area contributed by atoms with Gasteiger partial charge in [-0.1, -0.05) is 0 Å². The molecular weight excluding hydrogens is 307 g/mol. The third kappa shape index (κ3) is 3.21. The van der Waals surface area contributed by atoms with E-state index >= 15 is 0 Å². The molecule has 0 fully saturated rings. The van der Waals surface area contributed by atoms with Gasteiger partial charge in [-0.15, -0.1) is 0 Å². The first-order chi connectivity index (χ1) is 10.9. The number of rotatable bonds is 3. The molecule has 0 aliphatic heterocycles. The number of hydrogen-bond donors (Lipinski definition) is 1. The molecule has 124 valence electrons. The zero-order valence-electron chi connectivity index (χ0n) is 12.8. The van der Waals surface area contributed by atoms with Crippen molar-refractivity contribution in [2.75, 3.05) is 6.61 Å². The van der Waals surface area contributed by atoms with Crippen LogP contribution >= 0.6 is 0 Å². The summed E-state index contributed by atoms with van der Waals surface area (Å²) in [5.41, 5.74) is 1.99. The molecule has 1 aromatic carbocycles. The minimum atomic E-state index is -4.33. The molecule has 0 saturated heterocycles. The van der Waals surface area contributed by atoms with Crippen molar-refractivity contribution in [2.45, 2.75) is 38.8 Å². The maximum absolute atomic E-state index is 12.9. The molecule has 3 nitrogen and oxygen atoms in total. The van der Waals surface area contributed by atoms with E-state index in [1.54, 1.807) is 6.92 Å². The highest BCUT2D eigenvalue weighted by Gasteiger charge is 2.32. The lowest BCUT2D eigenvalue weighted by atomic mass is 9.85. The summed E-state index contributed by atoms with van der Waals surface area (Å²) in [4.78, 5) is 14.8. The van der Waals surface area contributed by atoms with Crippen molar-refractivity contribution in [1.29, 1.82) is 0 Å². The summed E-state index contributed by atoms with van der Waals surface area (Å²) in [6.45, 7) is 2.14. The first-order valence-corrected chi connectivity index (χ1v) is 7.74. The average molecular weight is 325 g/mol. The highest BCUT2D eigenvalue weighted by molar-refractivity contribution is 5.85. The zero-order chi connectivity index (χ0) is 16.6. The van der Waals surface area contributed by atoms with Gasteiger partial charge in [-0.25, -0.2) is 0 Å². The van der Waals surface area contributed by atoms with E-state index in [0.29, 0.717) is 31.3 Å². The van der Waals surface area contributed by atoms with Crippen LogP contribution in [0.1, 0.15) is 36.6 Å². The number of halogens is 3. The van der Waals surface area contributed by atoms with Gasteiger partial charge >= 0.3 is 12.1 Å². The van der Waals surface area contributed by atoms with E-state index in [9.17, 15) is 18.0 Å². The number of H-pyrrole nitrogens is 1. The molecule has 1 unspecified atom stereocenters. The van der Waals surface area contributed by atoms with Gasteiger partial charge in [0.05, 0.1) is 12.2 Å². The summed E-state index contributed by atoms with van der Waals surface area (Å²) in [7, 11) is 0. The Morgan fingerprint density at radius 2 is 2.17 bits per heavy atom. The van der Waals surface area contributed by atoms with Crippen LogP contribution in [0.5, 0.6) is 0 Å². The molecule has 0 spiro atoms. The number of esters is 1. The lowest BCUT2D eigenvalue weighted by Gasteiger charge is -2.21. The standard InChI is InChI=1S/C17H18F3NO2/c1-2-23-16(22)8-10-3-5-12-13-9-11(17(18,19)20)4-6-14(13)21-15(12)7-10/h4,6,9-10,21H,2-3,5,7-8H2,1H3. The maximum atomic E-state index is 12.9. The van der Waals surface area contributed by atoms with E-state index in [-0.39, 0.29) is 11.9 Å². The van der Waals surface area contributed by atoms with Crippen molar-refractivity contribution in [3.05, 3.63) is 35.0 Å². The molecule has 1 N–H and O–H groups in total. The molecule has 3 rings (SSSR count). The molecule has 1 atom stereocenters. The molecule has 1 aliphatic carbocycles. The first kappa shape index (κ1) is 15.9. The number of nitrogens with one attached hydrogen (secondary N) is 1. The number of fused-ring (bicyclic) bond motifs is 3. The zero-order valence-corrected chi connectivity index (χ0v) is 12.8. The number of aromatic amines is 1. The fourth-order valence-electron chi connectivity index (χ4n) is 3.31. The van der Waals surface area contributed by atoms with E-state index in [1.807, 2.05) is 0 Å². The van der Waals surface area contributed by atoms with E-state index in [1.165, 1.54) is 12.1 Å². The molecular formula is C17H18F3NO2. The van der Waals surface area contributed by atoms with Gasteiger partial charge in [0.2, 0.25) is 0 Å². The second-order valence-electron chi connectivity index (χ2n) is 5.96. The second-order valence-corrected chi connectivity index (χ2v) is 5.96. The van der Waals surface area contributed by atoms with Crippen LogP contribution in [0.25, 0.3) is 10.9 Å². The van der Waals surface area contributed by atoms with Crippen LogP contribution in [0.3, 0.4) is 0 Å². The summed E-state index contributed by atoms with van der Waals surface area (Å²) >= 11 is 0. The minimum absolute atomic E-state index is 0.177. The van der Waals surface area contributed by atoms with Crippen LogP contribution in [0.4, 0.5) is 13.2 Å². The topological polar surface area (TPSA) is 42.1 Å². The predicted octanol–water partition coefficient (Wildman–Crippen LogP) is 4.24. The summed E-state index contributed by atoms with van der Waals surface area (Å²) in [5.74, 6) is -0.0342. The number of alkyl halides is 3. The Morgan fingerprint density at radius 3 is 2.87 bits per heavy atom. The Labute approximate surface area is 131 Å². The Kier molecular flexibility index (Phi) is 4.08. The number of ether oxygens (including phenoxy) is 1. The average Bonchev–Trinajstić information content (AvgIpc) is 2.83. The number of aromatic nitrogens is 1. The van der Waals surface area contributed by atoms with Gasteiger partial charge in [0.25, 0.3) is 0 Å². The quantitative estimate of drug-likeness (QED) is 0.858. The lowest BCUT2D eigenvalue weighted by Crippen LogP contribution is -2.18. The molecule has 2 aromatic rings. The molecule has 1 aliphatic rings. The van der Waals surface area contributed by atoms with E-state index < -0.39 is 11.7 Å². The highest BCUT2D eigenvalue weighted by atomic mass is 19.4. The molecule has 0 bridgehead atoms. The number of carbonyl (C=O) groups is 1. The summed E-state index contributed by atoms with van der Waals surface area (Å²) < 4.78 is 43.6. The van der Waals surface area contributed by atoms with Crippen LogP contribution in [0.2, 0.25) is 0 Å². The van der Waals surface area contributed by atoms with Crippen LogP contribution in [0.15, 0.2) is 18.2 Å². The van der Waals surface area contributed by atoms with Crippen LogP contribution in [-0.4, -0.2) is 17.6 Å². The molecule has 0 radical (unpaired) electrons. The Bertz CT molecular complexity index is 733. The van der Waals surface area contributed by atoms with E-state index in [0.717, 1.165) is 29.3 Å². The Morgan fingerprint density at radius 1 is 1.39 bits per heavy atom. The minimum Gasteiger partial charge on any atom is -0.466 e. The SMILES string of the molecule is CCOC(=O)CC1CCc2c([nH]c3ccc(C(F)(F)F)cc23)C1. The fraction of sp³-hybridized carbons (Fsp3) is 0.471. The van der Waals surface area contributed by atoms with Gasteiger partial charge < -0.3 is 9.72 Å². The van der Waals surface area contributed by atoms with Gasteiger partial charge in [-0.3, -0.25) is 4.79 Å². The summed E-state index contributed by atoms with van der Waals surface area (Å²) in [5, 5.41) is 0.643. The Balaban J connectivity index is 1.86. The van der Waals surface area contributed by atoms with Gasteiger partial charge in [0, 0.05) is 23.0 Å². The molecule has 1 heterocycles. The number of aryl methyl sites for hydroxylation is 1. The predicted molar refractivity (Wildman–Crippen MR) is 80.1 cm³/mol. The van der Waals surface area contributed by atoms with Gasteiger partial charge in [-0.2, -0.15) is 13.2 Å². The van der Waals surface area contributed by atoms with Gasteiger partial charge in [-0.05, 0) is 55.9 Å². The monoisotopic (exact) mass is 325 g/mol. The fourth-order valence-corrected chi connectivity index (χ4v) is 3.31. The van der Waals surface area contributed by atoms with Gasteiger partial charge in [0.1, 0.15) is 0 Å². The lowest BCUT2D eigenvalue weighted by molar-refractivity contribution is -0.144. The van der Waals surface area contributed by atoms with Crippen molar-refractivity contribution in [2.24, 2.45) is 5.92 Å². The highest BCUT2D eigenvalue weighted by Crippen LogP contribution is 2.36. The smallest absolute Gasteiger partial charge is 0.416 e. The summed E-state index contributed by atoms with van der Waals surface area (Å²) in [6.07, 6.45) is -1.84. The van der Waals surface area contributed by atoms with E-state index in [2.05, 4.69) is 4.98 Å². The van der Waals surface area contributed by atoms with Crippen LogP contribution in [0, 0.1) is 5.92 Å². The van der Waals surface area contributed by atoms with Gasteiger partial charge in [0.15, 0.2) is 0 Å². The van der Waals surface area contributed by atoms with Crippen molar-refractivity contribution in [1.82, 2.24) is 4.98 Å². The van der Waals surface area contributed by atoms with Crippen molar-refractivity contribution in [3.8, 4) is 0 Å². The van der Waals surface area contributed by atoms with Crippen molar-refractivity contribution >= 4 is 16.9 Å². The number of hydrogen-bond acceptors (Lipinski definition) is 2. The maximum Gasteiger partial charge on any atom is 0.416 e. The molecule has 0 amide bonds. The number of benzene rings is 1. The van der Waals surface area contributed by atoms with E-state index in [4.69, 9.17) is 4.74 Å². The molecule has 23 heavy (non-hydrogen) atoms. The summed E-state index contributed by atoms with van der Waals surface area (Å²) in [6, 6.07) is 3.80. The first-order valence-electron chi connectivity index (χ1n) is 7.74. The van der Waals surface area contributed by atoms with Crippen LogP contribution in [-0.2, 0) is 28.5 Å². The Hall–Kier alpha value is -1.98. The largest absolute Gasteiger partial charge is 0.466 e. The second kappa shape index (κ2) is 5.91. The van der Waals surface area contributed by atoms with Crippen LogP contribution < -0.4 is 0 Å². The molecule has 1 aromatic heterocycles. The third-order valence-electron chi connectivity index (χ3n) is 4.38. The normalized spacial score (nSPS) is 18.0. The van der Waals surface area contributed by atoms with Crippen molar-refractivity contribution in [3.63, 3.8) is 0 Å². The number of carbonyl (C=O) groups excluding carboxylic acids is 1. The molecule has 6 heteroatoms.